The van der Waals surface area contributed by atoms with Gasteiger partial charge in [0.05, 0.1) is 13.7 Å². The van der Waals surface area contributed by atoms with Gasteiger partial charge in [0, 0.05) is 11.8 Å². The van der Waals surface area contributed by atoms with Crippen molar-refractivity contribution >= 4 is 17.9 Å². The Hall–Kier alpha value is -2.33. The Bertz CT molecular complexity index is 543. The molecule has 1 aromatic rings. The molecule has 0 unspecified atom stereocenters. The topological polar surface area (TPSA) is 77.0 Å². The van der Waals surface area contributed by atoms with Crippen LogP contribution in [0.5, 0.6) is 5.75 Å². The van der Waals surface area contributed by atoms with Gasteiger partial charge >= 0.3 is 6.09 Å². The number of amides is 1. The van der Waals surface area contributed by atoms with Crippen LogP contribution in [0.4, 0.5) is 10.5 Å². The van der Waals surface area contributed by atoms with Gasteiger partial charge in [0.25, 0.3) is 0 Å². The van der Waals surface area contributed by atoms with E-state index in [9.17, 15) is 9.59 Å². The highest BCUT2D eigenvalue weighted by Gasteiger charge is 2.16. The summed E-state index contributed by atoms with van der Waals surface area (Å²) < 4.78 is 10.4. The second kappa shape index (κ2) is 7.45. The largest absolute Gasteiger partial charge is 0.496 e. The van der Waals surface area contributed by atoms with Crippen LogP contribution in [-0.4, -0.2) is 31.4 Å². The molecule has 0 radical (unpaired) electrons. The highest BCUT2D eigenvalue weighted by Crippen LogP contribution is 2.24. The van der Waals surface area contributed by atoms with Crippen molar-refractivity contribution in [2.75, 3.05) is 19.0 Å². The zero-order valence-electron chi connectivity index (χ0n) is 12.7. The van der Waals surface area contributed by atoms with Crippen molar-refractivity contribution in [3.05, 3.63) is 23.8 Å². The van der Waals surface area contributed by atoms with Gasteiger partial charge in [-0.15, -0.1) is 0 Å². The maximum atomic E-state index is 11.7. The zero-order chi connectivity index (χ0) is 15.9. The fraction of sp³-hybridized carbons (Fsp3) is 0.467. The van der Waals surface area contributed by atoms with Gasteiger partial charge in [0.2, 0.25) is 6.08 Å². The van der Waals surface area contributed by atoms with Crippen LogP contribution in [0, 0.1) is 0 Å². The molecule has 0 aliphatic heterocycles. The minimum Gasteiger partial charge on any atom is -0.496 e. The minimum absolute atomic E-state index is 0.346. The molecular weight excluding hydrogens is 272 g/mol. The molecule has 114 valence electrons. The minimum atomic E-state index is -0.555. The lowest BCUT2D eigenvalue weighted by Crippen LogP contribution is -2.27. The average Bonchev–Trinajstić information content (AvgIpc) is 2.38. The van der Waals surface area contributed by atoms with Crippen molar-refractivity contribution in [1.29, 1.82) is 0 Å². The third-order valence-electron chi connectivity index (χ3n) is 2.49. The van der Waals surface area contributed by atoms with E-state index in [-0.39, 0.29) is 0 Å². The number of carbonyl (C=O) groups is 1. The molecule has 1 aromatic carbocycles. The van der Waals surface area contributed by atoms with Crippen molar-refractivity contribution < 1.29 is 19.1 Å². The van der Waals surface area contributed by atoms with Gasteiger partial charge < -0.3 is 9.47 Å². The molecule has 0 fully saturated rings. The van der Waals surface area contributed by atoms with Crippen molar-refractivity contribution in [2.24, 2.45) is 4.99 Å². The molecule has 1 rings (SSSR count). The van der Waals surface area contributed by atoms with E-state index in [4.69, 9.17) is 9.47 Å². The number of aliphatic imine (C=N–C) groups is 1. The number of rotatable bonds is 5. The summed E-state index contributed by atoms with van der Waals surface area (Å²) in [5.41, 5.74) is 0.913. The molecule has 0 spiro atoms. The molecule has 1 amide bonds. The number of ether oxygens (including phenoxy) is 2. The van der Waals surface area contributed by atoms with Gasteiger partial charge in [0.1, 0.15) is 11.4 Å². The van der Waals surface area contributed by atoms with Crippen LogP contribution in [0.3, 0.4) is 0 Å². The Balaban J connectivity index is 2.77. The van der Waals surface area contributed by atoms with Gasteiger partial charge in [-0.25, -0.2) is 14.6 Å². The summed E-state index contributed by atoms with van der Waals surface area (Å²) in [5.74, 6) is 0.615. The highest BCUT2D eigenvalue weighted by molar-refractivity contribution is 5.85. The van der Waals surface area contributed by atoms with Crippen molar-refractivity contribution in [3.8, 4) is 5.75 Å². The summed E-state index contributed by atoms with van der Waals surface area (Å²) in [7, 11) is 1.54. The normalized spacial score (nSPS) is 10.5. The molecular formula is C15H20N2O4. The highest BCUT2D eigenvalue weighted by atomic mass is 16.6. The molecule has 0 aliphatic carbocycles. The van der Waals surface area contributed by atoms with E-state index in [1.54, 1.807) is 40.0 Å². The lowest BCUT2D eigenvalue weighted by Gasteiger charge is -2.20. The number of anilines is 1. The van der Waals surface area contributed by atoms with E-state index in [2.05, 4.69) is 10.3 Å². The Morgan fingerprint density at radius 3 is 2.67 bits per heavy atom. The first kappa shape index (κ1) is 16.7. The van der Waals surface area contributed by atoms with E-state index in [1.807, 2.05) is 6.07 Å². The fourth-order valence-corrected chi connectivity index (χ4v) is 1.67. The molecule has 21 heavy (non-hydrogen) atoms. The second-order valence-corrected chi connectivity index (χ2v) is 5.38. The fourth-order valence-electron chi connectivity index (χ4n) is 1.67. The van der Waals surface area contributed by atoms with E-state index < -0.39 is 11.7 Å². The summed E-state index contributed by atoms with van der Waals surface area (Å²) in [6.45, 7) is 5.73. The molecule has 1 N–H and O–H groups in total. The lowest BCUT2D eigenvalue weighted by atomic mass is 10.1. The SMILES string of the molecule is COc1cc(NC(=O)OC(C)(C)C)ccc1CCN=C=O. The molecule has 6 nitrogen and oxygen atoms in total. The molecule has 0 saturated heterocycles. The van der Waals surface area contributed by atoms with E-state index in [0.29, 0.717) is 24.4 Å². The molecule has 0 heterocycles. The van der Waals surface area contributed by atoms with E-state index in [1.165, 1.54) is 6.08 Å². The number of hydrogen-bond donors (Lipinski definition) is 1. The first-order chi connectivity index (χ1) is 9.85. The summed E-state index contributed by atoms with van der Waals surface area (Å²) in [6, 6.07) is 5.25. The maximum Gasteiger partial charge on any atom is 0.412 e. The first-order valence-corrected chi connectivity index (χ1v) is 6.56. The zero-order valence-corrected chi connectivity index (χ0v) is 12.7. The Morgan fingerprint density at radius 2 is 2.10 bits per heavy atom. The van der Waals surface area contributed by atoms with Crippen molar-refractivity contribution in [1.82, 2.24) is 0 Å². The smallest absolute Gasteiger partial charge is 0.412 e. The molecule has 0 aromatic heterocycles. The van der Waals surface area contributed by atoms with Crippen LogP contribution in [0.1, 0.15) is 26.3 Å². The molecule has 0 atom stereocenters. The van der Waals surface area contributed by atoms with Crippen LogP contribution in [-0.2, 0) is 16.0 Å². The monoisotopic (exact) mass is 292 g/mol. The predicted octanol–water partition coefficient (Wildman–Crippen LogP) is 2.92. The van der Waals surface area contributed by atoms with Crippen LogP contribution in [0.2, 0.25) is 0 Å². The van der Waals surface area contributed by atoms with Crippen LogP contribution in [0.15, 0.2) is 23.2 Å². The Morgan fingerprint density at radius 1 is 1.38 bits per heavy atom. The summed E-state index contributed by atoms with van der Waals surface area (Å²) >= 11 is 0. The van der Waals surface area contributed by atoms with Crippen LogP contribution in [0.25, 0.3) is 0 Å². The van der Waals surface area contributed by atoms with E-state index >= 15 is 0 Å². The third-order valence-corrected chi connectivity index (χ3v) is 2.49. The quantitative estimate of drug-likeness (QED) is 0.668. The average molecular weight is 292 g/mol. The standard InChI is InChI=1S/C15H20N2O4/c1-15(2,3)21-14(19)17-12-6-5-11(7-8-16-10-18)13(9-12)20-4/h5-6,9H,7-8H2,1-4H3,(H,17,19). The Labute approximate surface area is 124 Å². The number of carbonyl (C=O) groups excluding carboxylic acids is 2. The summed E-state index contributed by atoms with van der Waals surface area (Å²) in [5, 5.41) is 2.64. The summed E-state index contributed by atoms with van der Waals surface area (Å²) in [4.78, 5) is 25.2. The van der Waals surface area contributed by atoms with Gasteiger partial charge in [-0.3, -0.25) is 5.32 Å². The number of nitrogens with zero attached hydrogens (tertiary/aromatic N) is 1. The van der Waals surface area contributed by atoms with Crippen LogP contribution >= 0.6 is 0 Å². The number of isocyanates is 1. The van der Waals surface area contributed by atoms with Crippen molar-refractivity contribution in [3.63, 3.8) is 0 Å². The predicted molar refractivity (Wildman–Crippen MR) is 79.5 cm³/mol. The summed E-state index contributed by atoms with van der Waals surface area (Å²) in [6.07, 6.45) is 1.53. The third kappa shape index (κ3) is 6.10. The molecule has 6 heteroatoms. The van der Waals surface area contributed by atoms with Crippen LogP contribution < -0.4 is 10.1 Å². The first-order valence-electron chi connectivity index (χ1n) is 6.56. The number of benzene rings is 1. The Kier molecular flexibility index (Phi) is 5.93. The number of nitrogens with one attached hydrogen (secondary N) is 1. The second-order valence-electron chi connectivity index (χ2n) is 5.38. The van der Waals surface area contributed by atoms with Gasteiger partial charge in [0.15, 0.2) is 0 Å². The van der Waals surface area contributed by atoms with E-state index in [0.717, 1.165) is 5.56 Å². The van der Waals surface area contributed by atoms with Gasteiger partial charge in [-0.05, 0) is 38.8 Å². The lowest BCUT2D eigenvalue weighted by molar-refractivity contribution is 0.0636. The number of methoxy groups -OCH3 is 1. The maximum absolute atomic E-state index is 11.7. The molecule has 0 saturated carbocycles. The molecule has 0 bridgehead atoms. The van der Waals surface area contributed by atoms with Gasteiger partial charge in [-0.1, -0.05) is 6.07 Å². The van der Waals surface area contributed by atoms with Crippen molar-refractivity contribution in [2.45, 2.75) is 32.8 Å². The van der Waals surface area contributed by atoms with Gasteiger partial charge in [-0.2, -0.15) is 0 Å². The molecule has 0 aliphatic rings. The number of hydrogen-bond acceptors (Lipinski definition) is 5.